The second-order valence-electron chi connectivity index (χ2n) is 3.02. The van der Waals surface area contributed by atoms with E-state index in [-0.39, 0.29) is 5.69 Å². The highest BCUT2D eigenvalue weighted by Gasteiger charge is 2.15. The third-order valence-corrected chi connectivity index (χ3v) is 2.69. The number of carbonyl (C=O) groups is 1. The lowest BCUT2D eigenvalue weighted by Gasteiger charge is -2.05. The third kappa shape index (κ3) is 1.96. The Kier molecular flexibility index (Phi) is 2.98. The van der Waals surface area contributed by atoms with Crippen LogP contribution in [0.2, 0.25) is 5.02 Å². The lowest BCUT2D eigenvalue weighted by molar-refractivity contribution is 0.0687. The van der Waals surface area contributed by atoms with Gasteiger partial charge < -0.3 is 5.11 Å². The van der Waals surface area contributed by atoms with Gasteiger partial charge >= 0.3 is 5.97 Å². The number of carboxylic acids is 1. The van der Waals surface area contributed by atoms with E-state index in [9.17, 15) is 4.79 Å². The van der Waals surface area contributed by atoms with Gasteiger partial charge in [0.25, 0.3) is 0 Å². The van der Waals surface area contributed by atoms with Crippen molar-refractivity contribution in [3.8, 4) is 5.69 Å². The number of para-hydroxylation sites is 1. The molecular formula is C10H6BrClN2O2. The van der Waals surface area contributed by atoms with Gasteiger partial charge in [0.05, 0.1) is 10.7 Å². The van der Waals surface area contributed by atoms with Crippen molar-refractivity contribution in [1.29, 1.82) is 0 Å². The fourth-order valence-corrected chi connectivity index (χ4v) is 1.90. The summed E-state index contributed by atoms with van der Waals surface area (Å²) in [5, 5.41) is 13.5. The molecule has 0 saturated heterocycles. The van der Waals surface area contributed by atoms with Crippen molar-refractivity contribution in [1.82, 2.24) is 9.78 Å². The Morgan fingerprint density at radius 1 is 1.44 bits per heavy atom. The van der Waals surface area contributed by atoms with Gasteiger partial charge in [0.15, 0.2) is 5.69 Å². The monoisotopic (exact) mass is 300 g/mol. The van der Waals surface area contributed by atoms with Gasteiger partial charge in [-0.3, -0.25) is 0 Å². The van der Waals surface area contributed by atoms with Crippen LogP contribution in [-0.2, 0) is 0 Å². The fraction of sp³-hybridized carbons (Fsp3) is 0. The molecule has 1 heterocycles. The van der Waals surface area contributed by atoms with Crippen LogP contribution in [0.25, 0.3) is 5.69 Å². The summed E-state index contributed by atoms with van der Waals surface area (Å²) >= 11 is 9.11. The molecule has 1 aromatic carbocycles. The Hall–Kier alpha value is -1.33. The summed E-state index contributed by atoms with van der Waals surface area (Å²) in [5.41, 5.74) is 0.590. The van der Waals surface area contributed by atoms with Crippen LogP contribution in [0, 0.1) is 0 Å². The first-order valence-electron chi connectivity index (χ1n) is 4.33. The van der Waals surface area contributed by atoms with Crippen LogP contribution in [0.5, 0.6) is 0 Å². The van der Waals surface area contributed by atoms with E-state index in [1.807, 2.05) is 0 Å². The van der Waals surface area contributed by atoms with E-state index >= 15 is 0 Å². The molecule has 1 N–H and O–H groups in total. The van der Waals surface area contributed by atoms with E-state index in [0.717, 1.165) is 0 Å². The van der Waals surface area contributed by atoms with E-state index in [1.54, 1.807) is 24.3 Å². The summed E-state index contributed by atoms with van der Waals surface area (Å²) in [6, 6.07) is 8.34. The van der Waals surface area contributed by atoms with Crippen molar-refractivity contribution in [2.45, 2.75) is 0 Å². The molecule has 0 amide bonds. The van der Waals surface area contributed by atoms with E-state index < -0.39 is 5.97 Å². The Morgan fingerprint density at radius 3 is 2.75 bits per heavy atom. The fourth-order valence-electron chi connectivity index (χ4n) is 1.31. The van der Waals surface area contributed by atoms with Crippen molar-refractivity contribution in [3.63, 3.8) is 0 Å². The average Bonchev–Trinajstić information content (AvgIpc) is 2.61. The molecule has 0 spiro atoms. The van der Waals surface area contributed by atoms with Gasteiger partial charge in [-0.15, -0.1) is 0 Å². The number of carboxylic acid groups (broad SMARTS) is 1. The average molecular weight is 302 g/mol. The minimum absolute atomic E-state index is 0.0555. The van der Waals surface area contributed by atoms with Gasteiger partial charge in [0, 0.05) is 6.07 Å². The molecule has 0 atom stereocenters. The van der Waals surface area contributed by atoms with Crippen molar-refractivity contribution in [2.75, 3.05) is 0 Å². The van der Waals surface area contributed by atoms with Crippen LogP contribution in [0.3, 0.4) is 0 Å². The molecule has 0 aliphatic carbocycles. The van der Waals surface area contributed by atoms with Gasteiger partial charge in [-0.05, 0) is 28.1 Å². The number of aromatic carboxylic acids is 1. The van der Waals surface area contributed by atoms with Gasteiger partial charge in [0.2, 0.25) is 0 Å². The highest BCUT2D eigenvalue weighted by Crippen LogP contribution is 2.22. The van der Waals surface area contributed by atoms with E-state index in [4.69, 9.17) is 16.7 Å². The molecule has 2 rings (SSSR count). The predicted octanol–water partition coefficient (Wildman–Crippen LogP) is 2.99. The number of benzene rings is 1. The highest BCUT2D eigenvalue weighted by molar-refractivity contribution is 9.10. The summed E-state index contributed by atoms with van der Waals surface area (Å²) in [6.45, 7) is 0. The van der Waals surface area contributed by atoms with Gasteiger partial charge in [-0.1, -0.05) is 23.7 Å². The largest absolute Gasteiger partial charge is 0.477 e. The smallest absolute Gasteiger partial charge is 0.354 e. The van der Waals surface area contributed by atoms with Gasteiger partial charge in [-0.25, -0.2) is 9.48 Å². The molecule has 4 nitrogen and oxygen atoms in total. The third-order valence-electron chi connectivity index (χ3n) is 1.98. The standard InChI is InChI=1S/C10H6BrClN2O2/c11-9-5-8(10(15)16)14(13-9)7-4-2-1-3-6(7)12/h1-5H,(H,15,16). The van der Waals surface area contributed by atoms with Crippen LogP contribution in [0.1, 0.15) is 10.5 Å². The summed E-state index contributed by atoms with van der Waals surface area (Å²) < 4.78 is 1.74. The summed E-state index contributed by atoms with van der Waals surface area (Å²) in [7, 11) is 0. The Bertz CT molecular complexity index is 554. The minimum atomic E-state index is -1.06. The second kappa shape index (κ2) is 4.27. The molecular weight excluding hydrogens is 295 g/mol. The maximum atomic E-state index is 11.0. The van der Waals surface area contributed by atoms with Crippen molar-refractivity contribution >= 4 is 33.5 Å². The lowest BCUT2D eigenvalue weighted by Crippen LogP contribution is -2.08. The summed E-state index contributed by atoms with van der Waals surface area (Å²) in [4.78, 5) is 11.0. The zero-order valence-corrected chi connectivity index (χ0v) is 10.2. The molecule has 0 fully saturated rings. The number of rotatable bonds is 2. The first-order valence-corrected chi connectivity index (χ1v) is 5.50. The van der Waals surface area contributed by atoms with Crippen LogP contribution in [-0.4, -0.2) is 20.9 Å². The Labute approximate surface area is 105 Å². The molecule has 0 saturated carbocycles. The van der Waals surface area contributed by atoms with Gasteiger partial charge in [-0.2, -0.15) is 5.10 Å². The Morgan fingerprint density at radius 2 is 2.12 bits per heavy atom. The maximum absolute atomic E-state index is 11.0. The predicted molar refractivity (Wildman–Crippen MR) is 63.2 cm³/mol. The number of aromatic nitrogens is 2. The SMILES string of the molecule is O=C(O)c1cc(Br)nn1-c1ccccc1Cl. The Balaban J connectivity index is 2.64. The zero-order valence-electron chi connectivity index (χ0n) is 7.89. The number of hydrogen-bond donors (Lipinski definition) is 1. The van der Waals surface area contributed by atoms with Crippen molar-refractivity contribution in [3.05, 3.63) is 45.7 Å². The quantitative estimate of drug-likeness (QED) is 0.927. The van der Waals surface area contributed by atoms with Crippen LogP contribution < -0.4 is 0 Å². The molecule has 0 aliphatic rings. The maximum Gasteiger partial charge on any atom is 0.354 e. The first kappa shape index (κ1) is 11.2. The number of hydrogen-bond acceptors (Lipinski definition) is 2. The molecule has 82 valence electrons. The number of nitrogens with zero attached hydrogens (tertiary/aromatic N) is 2. The van der Waals surface area contributed by atoms with Crippen LogP contribution >= 0.6 is 27.5 Å². The highest BCUT2D eigenvalue weighted by atomic mass is 79.9. The molecule has 16 heavy (non-hydrogen) atoms. The molecule has 0 bridgehead atoms. The lowest BCUT2D eigenvalue weighted by atomic mass is 10.3. The van der Waals surface area contributed by atoms with Crippen LogP contribution in [0.15, 0.2) is 34.9 Å². The molecule has 6 heteroatoms. The molecule has 0 unspecified atom stereocenters. The van der Waals surface area contributed by atoms with Crippen molar-refractivity contribution < 1.29 is 9.90 Å². The summed E-state index contributed by atoms with van der Waals surface area (Å²) in [6.07, 6.45) is 0. The molecule has 0 aliphatic heterocycles. The molecule has 0 radical (unpaired) electrons. The van der Waals surface area contributed by atoms with Crippen LogP contribution in [0.4, 0.5) is 0 Å². The minimum Gasteiger partial charge on any atom is -0.477 e. The first-order chi connectivity index (χ1) is 7.59. The van der Waals surface area contributed by atoms with Gasteiger partial charge in [0.1, 0.15) is 4.60 Å². The number of halogens is 2. The second-order valence-corrected chi connectivity index (χ2v) is 4.24. The van der Waals surface area contributed by atoms with E-state index in [0.29, 0.717) is 15.3 Å². The normalized spacial score (nSPS) is 10.4. The summed E-state index contributed by atoms with van der Waals surface area (Å²) in [5.74, 6) is -1.06. The van der Waals surface area contributed by atoms with E-state index in [2.05, 4.69) is 21.0 Å². The van der Waals surface area contributed by atoms with Crippen molar-refractivity contribution in [2.24, 2.45) is 0 Å². The topological polar surface area (TPSA) is 55.1 Å². The zero-order chi connectivity index (χ0) is 11.7. The molecule has 1 aromatic heterocycles. The molecule has 2 aromatic rings. The van der Waals surface area contributed by atoms with E-state index in [1.165, 1.54) is 10.7 Å².